The first-order valence-electron chi connectivity index (χ1n) is 6.04. The average Bonchev–Trinajstić information content (AvgIpc) is 2.35. The monoisotopic (exact) mass is 285 g/mol. The van der Waals surface area contributed by atoms with Gasteiger partial charge in [0.1, 0.15) is 0 Å². The highest BCUT2D eigenvalue weighted by molar-refractivity contribution is 6.31. The predicted octanol–water partition coefficient (Wildman–Crippen LogP) is 1.23. The van der Waals surface area contributed by atoms with E-state index in [1.807, 2.05) is 7.05 Å². The molecule has 1 amide bonds. The summed E-state index contributed by atoms with van der Waals surface area (Å²) in [7, 11) is 3.64. The maximum absolute atomic E-state index is 11.9. The molecule has 0 aromatic heterocycles. The molecule has 0 bridgehead atoms. The van der Waals surface area contributed by atoms with Crippen LogP contribution in [0.1, 0.15) is 10.4 Å². The van der Waals surface area contributed by atoms with Gasteiger partial charge in [-0.05, 0) is 25.2 Å². The number of nitrogens with one attached hydrogen (secondary N) is 1. The summed E-state index contributed by atoms with van der Waals surface area (Å²) in [6.07, 6.45) is 0. The van der Waals surface area contributed by atoms with Crippen LogP contribution in [0.3, 0.4) is 0 Å². The number of halogens is 1. The van der Waals surface area contributed by atoms with E-state index in [-0.39, 0.29) is 5.91 Å². The highest BCUT2D eigenvalue weighted by Gasteiger charge is 2.07. The summed E-state index contributed by atoms with van der Waals surface area (Å²) in [6, 6.07) is 4.81. The standard InChI is InChI=1S/C13H20ClN3O2/c1-17(5-6-19-2)4-3-16-13(18)10-7-11(14)9-12(15)8-10/h7-9H,3-6,15H2,1-2H3,(H,16,18). The number of nitrogen functional groups attached to an aromatic ring is 1. The molecule has 0 fully saturated rings. The van der Waals surface area contributed by atoms with Crippen molar-refractivity contribution >= 4 is 23.2 Å². The number of carbonyl (C=O) groups is 1. The fraction of sp³-hybridized carbons (Fsp3) is 0.462. The van der Waals surface area contributed by atoms with Crippen LogP contribution in [0.5, 0.6) is 0 Å². The van der Waals surface area contributed by atoms with Crippen molar-refractivity contribution in [1.29, 1.82) is 0 Å². The molecule has 0 atom stereocenters. The predicted molar refractivity (Wildman–Crippen MR) is 77.6 cm³/mol. The molecule has 6 heteroatoms. The van der Waals surface area contributed by atoms with Gasteiger partial charge in [-0.3, -0.25) is 4.79 Å². The third-order valence-corrected chi connectivity index (χ3v) is 2.86. The Hall–Kier alpha value is -1.30. The Morgan fingerprint density at radius 1 is 1.42 bits per heavy atom. The van der Waals surface area contributed by atoms with Crippen molar-refractivity contribution in [1.82, 2.24) is 10.2 Å². The van der Waals surface area contributed by atoms with E-state index >= 15 is 0 Å². The summed E-state index contributed by atoms with van der Waals surface area (Å²) in [6.45, 7) is 2.82. The molecule has 0 saturated heterocycles. The zero-order valence-corrected chi connectivity index (χ0v) is 12.0. The molecule has 19 heavy (non-hydrogen) atoms. The van der Waals surface area contributed by atoms with Crippen LogP contribution in [0, 0.1) is 0 Å². The van der Waals surface area contributed by atoms with E-state index in [0.29, 0.717) is 29.4 Å². The maximum Gasteiger partial charge on any atom is 0.251 e. The molecule has 0 heterocycles. The summed E-state index contributed by atoms with van der Waals surface area (Å²) in [5.74, 6) is -0.172. The van der Waals surface area contributed by atoms with Crippen molar-refractivity contribution in [3.05, 3.63) is 28.8 Å². The summed E-state index contributed by atoms with van der Waals surface area (Å²) in [5, 5.41) is 3.29. The third kappa shape index (κ3) is 5.92. The van der Waals surface area contributed by atoms with Gasteiger partial charge in [-0.1, -0.05) is 11.6 Å². The largest absolute Gasteiger partial charge is 0.399 e. The Labute approximate surface area is 118 Å². The molecule has 0 radical (unpaired) electrons. The minimum atomic E-state index is -0.172. The maximum atomic E-state index is 11.9. The van der Waals surface area contributed by atoms with Gasteiger partial charge in [0, 0.05) is 43.0 Å². The number of likely N-dealkylation sites (N-methyl/N-ethyl adjacent to an activating group) is 1. The van der Waals surface area contributed by atoms with Crippen molar-refractivity contribution in [3.63, 3.8) is 0 Å². The van der Waals surface area contributed by atoms with Gasteiger partial charge in [-0.2, -0.15) is 0 Å². The van der Waals surface area contributed by atoms with Gasteiger partial charge in [0.05, 0.1) is 6.61 Å². The molecule has 0 spiro atoms. The van der Waals surface area contributed by atoms with Crippen molar-refractivity contribution < 1.29 is 9.53 Å². The average molecular weight is 286 g/mol. The normalized spacial score (nSPS) is 10.7. The number of ether oxygens (including phenoxy) is 1. The van der Waals surface area contributed by atoms with Crippen LogP contribution in [-0.4, -0.2) is 51.2 Å². The molecule has 0 aliphatic rings. The lowest BCUT2D eigenvalue weighted by atomic mass is 10.2. The number of methoxy groups -OCH3 is 1. The first kappa shape index (κ1) is 15.8. The van der Waals surface area contributed by atoms with E-state index in [0.717, 1.165) is 13.1 Å². The first-order valence-corrected chi connectivity index (χ1v) is 6.42. The van der Waals surface area contributed by atoms with Crippen molar-refractivity contribution in [3.8, 4) is 0 Å². The second kappa shape index (κ2) is 7.99. The molecule has 0 saturated carbocycles. The molecule has 0 aliphatic carbocycles. The molecule has 3 N–H and O–H groups in total. The lowest BCUT2D eigenvalue weighted by Gasteiger charge is -2.16. The molecule has 0 unspecified atom stereocenters. The lowest BCUT2D eigenvalue weighted by molar-refractivity contribution is 0.0947. The fourth-order valence-corrected chi connectivity index (χ4v) is 1.81. The Morgan fingerprint density at radius 3 is 2.79 bits per heavy atom. The highest BCUT2D eigenvalue weighted by atomic mass is 35.5. The van der Waals surface area contributed by atoms with E-state index < -0.39 is 0 Å². The summed E-state index contributed by atoms with van der Waals surface area (Å²) >= 11 is 5.85. The topological polar surface area (TPSA) is 67.6 Å². The number of benzene rings is 1. The van der Waals surface area contributed by atoms with Crippen LogP contribution >= 0.6 is 11.6 Å². The molecule has 0 aliphatic heterocycles. The Morgan fingerprint density at radius 2 is 2.16 bits per heavy atom. The van der Waals surface area contributed by atoms with Crippen LogP contribution in [-0.2, 0) is 4.74 Å². The Balaban J connectivity index is 2.39. The Bertz CT molecular complexity index is 406. The molecule has 1 rings (SSSR count). The van der Waals surface area contributed by atoms with E-state index in [1.54, 1.807) is 25.3 Å². The number of hydrogen-bond acceptors (Lipinski definition) is 4. The number of carbonyl (C=O) groups excluding carboxylic acids is 1. The van der Waals surface area contributed by atoms with Gasteiger partial charge in [0.25, 0.3) is 5.91 Å². The second-order valence-corrected chi connectivity index (χ2v) is 4.76. The van der Waals surface area contributed by atoms with Crippen molar-refractivity contribution in [2.75, 3.05) is 46.1 Å². The van der Waals surface area contributed by atoms with Gasteiger partial charge < -0.3 is 20.7 Å². The van der Waals surface area contributed by atoms with Gasteiger partial charge in [0.2, 0.25) is 0 Å². The van der Waals surface area contributed by atoms with Crippen LogP contribution in [0.2, 0.25) is 5.02 Å². The SMILES string of the molecule is COCCN(C)CCNC(=O)c1cc(N)cc(Cl)c1. The van der Waals surface area contributed by atoms with Crippen LogP contribution in [0.25, 0.3) is 0 Å². The number of amides is 1. The minimum absolute atomic E-state index is 0.172. The number of anilines is 1. The van der Waals surface area contributed by atoms with E-state index in [1.165, 1.54) is 0 Å². The number of nitrogens with two attached hydrogens (primary N) is 1. The van der Waals surface area contributed by atoms with Gasteiger partial charge in [-0.15, -0.1) is 0 Å². The zero-order chi connectivity index (χ0) is 14.3. The number of nitrogens with zero attached hydrogens (tertiary/aromatic N) is 1. The van der Waals surface area contributed by atoms with Crippen LogP contribution in [0.4, 0.5) is 5.69 Å². The van der Waals surface area contributed by atoms with Crippen LogP contribution < -0.4 is 11.1 Å². The third-order valence-electron chi connectivity index (χ3n) is 2.64. The lowest BCUT2D eigenvalue weighted by Crippen LogP contribution is -2.34. The fourth-order valence-electron chi connectivity index (χ4n) is 1.56. The van der Waals surface area contributed by atoms with E-state index in [9.17, 15) is 4.79 Å². The quantitative estimate of drug-likeness (QED) is 0.740. The molecule has 1 aromatic rings. The van der Waals surface area contributed by atoms with E-state index in [4.69, 9.17) is 22.1 Å². The molecular weight excluding hydrogens is 266 g/mol. The first-order chi connectivity index (χ1) is 9.02. The number of hydrogen-bond donors (Lipinski definition) is 2. The summed E-state index contributed by atoms with van der Waals surface area (Å²) < 4.78 is 4.98. The minimum Gasteiger partial charge on any atom is -0.399 e. The van der Waals surface area contributed by atoms with Gasteiger partial charge in [-0.25, -0.2) is 0 Å². The van der Waals surface area contributed by atoms with E-state index in [2.05, 4.69) is 10.2 Å². The van der Waals surface area contributed by atoms with Gasteiger partial charge >= 0.3 is 0 Å². The zero-order valence-electron chi connectivity index (χ0n) is 11.3. The van der Waals surface area contributed by atoms with Crippen molar-refractivity contribution in [2.45, 2.75) is 0 Å². The van der Waals surface area contributed by atoms with Gasteiger partial charge in [0.15, 0.2) is 0 Å². The van der Waals surface area contributed by atoms with Crippen molar-refractivity contribution in [2.24, 2.45) is 0 Å². The molecule has 106 valence electrons. The highest BCUT2D eigenvalue weighted by Crippen LogP contribution is 2.16. The summed E-state index contributed by atoms with van der Waals surface area (Å²) in [4.78, 5) is 14.0. The smallest absolute Gasteiger partial charge is 0.251 e. The van der Waals surface area contributed by atoms with Crippen LogP contribution in [0.15, 0.2) is 18.2 Å². The molecular formula is C13H20ClN3O2. The molecule has 5 nitrogen and oxygen atoms in total. The Kier molecular flexibility index (Phi) is 6.62. The number of rotatable bonds is 7. The summed E-state index contributed by atoms with van der Waals surface area (Å²) in [5.41, 5.74) is 6.60. The second-order valence-electron chi connectivity index (χ2n) is 4.33. The molecule has 1 aromatic carbocycles.